The number of hydrogen-bond donors (Lipinski definition) is 0. The molecule has 2 fully saturated rings. The Balaban J connectivity index is 1.52. The second-order valence-electron chi connectivity index (χ2n) is 9.11. The molecule has 0 aromatic heterocycles. The highest BCUT2D eigenvalue weighted by Crippen LogP contribution is 2.45. The number of likely N-dealkylation sites (tertiary alicyclic amines) is 1. The lowest BCUT2D eigenvalue weighted by molar-refractivity contribution is -0.137. The molecular weight excluding hydrogens is 450 g/mol. The first-order valence-corrected chi connectivity index (χ1v) is 11.0. The van der Waals surface area contributed by atoms with Crippen LogP contribution in [0.1, 0.15) is 23.1 Å². The van der Waals surface area contributed by atoms with Crippen LogP contribution in [0.4, 0.5) is 23.2 Å². The van der Waals surface area contributed by atoms with E-state index in [1.165, 1.54) is 18.2 Å². The van der Waals surface area contributed by atoms with Gasteiger partial charge in [0.25, 0.3) is 0 Å². The Hall–Kier alpha value is -3.12. The van der Waals surface area contributed by atoms with E-state index < -0.39 is 17.3 Å². The van der Waals surface area contributed by atoms with Gasteiger partial charge in [-0.2, -0.15) is 18.4 Å². The van der Waals surface area contributed by atoms with Crippen molar-refractivity contribution in [2.45, 2.75) is 19.0 Å². The molecule has 4 rings (SSSR count). The third kappa shape index (κ3) is 4.73. The summed E-state index contributed by atoms with van der Waals surface area (Å²) in [6.45, 7) is 2.44. The summed E-state index contributed by atoms with van der Waals surface area (Å²) >= 11 is 0. The van der Waals surface area contributed by atoms with Gasteiger partial charge >= 0.3 is 6.18 Å². The van der Waals surface area contributed by atoms with Gasteiger partial charge in [0, 0.05) is 50.3 Å². The van der Waals surface area contributed by atoms with Crippen molar-refractivity contribution in [2.24, 2.45) is 11.3 Å². The number of rotatable bonds is 5. The fourth-order valence-corrected chi connectivity index (χ4v) is 5.18. The van der Waals surface area contributed by atoms with Crippen molar-refractivity contribution in [1.82, 2.24) is 4.90 Å². The third-order valence-electron chi connectivity index (χ3n) is 6.98. The minimum absolute atomic E-state index is 0.0170. The van der Waals surface area contributed by atoms with Gasteiger partial charge in [-0.15, -0.1) is 0 Å². The number of ether oxygens (including phenoxy) is 1. The zero-order valence-electron chi connectivity index (χ0n) is 18.7. The second kappa shape index (κ2) is 9.26. The highest BCUT2D eigenvalue weighted by Gasteiger charge is 2.50. The summed E-state index contributed by atoms with van der Waals surface area (Å²) in [5.41, 5.74) is -0.484. The molecule has 2 atom stereocenters. The van der Waals surface area contributed by atoms with Gasteiger partial charge in [-0.3, -0.25) is 4.79 Å². The van der Waals surface area contributed by atoms with Crippen LogP contribution in [0.5, 0.6) is 0 Å². The molecular formula is C25H25F4N3O2. The van der Waals surface area contributed by atoms with Crippen LogP contribution in [0, 0.1) is 28.5 Å². The average molecular weight is 475 g/mol. The van der Waals surface area contributed by atoms with Gasteiger partial charge in [0.05, 0.1) is 30.2 Å². The summed E-state index contributed by atoms with van der Waals surface area (Å²) in [7, 11) is 1.61. The summed E-state index contributed by atoms with van der Waals surface area (Å²) in [5.74, 6) is -0.414. The summed E-state index contributed by atoms with van der Waals surface area (Å²) in [5, 5.41) is 9.07. The maximum atomic E-state index is 13.4. The maximum Gasteiger partial charge on any atom is 0.417 e. The quantitative estimate of drug-likeness (QED) is 0.607. The molecule has 2 saturated heterocycles. The number of amides is 1. The van der Waals surface area contributed by atoms with Crippen LogP contribution in [0.25, 0.3) is 0 Å². The molecule has 0 bridgehead atoms. The van der Waals surface area contributed by atoms with E-state index in [0.717, 1.165) is 11.6 Å². The van der Waals surface area contributed by atoms with E-state index in [-0.39, 0.29) is 29.5 Å². The summed E-state index contributed by atoms with van der Waals surface area (Å²) < 4.78 is 59.0. The summed E-state index contributed by atoms with van der Waals surface area (Å²) in [6, 6.07) is 11.2. The van der Waals surface area contributed by atoms with E-state index in [1.54, 1.807) is 36.3 Å². The number of piperidine rings is 1. The first-order valence-electron chi connectivity index (χ1n) is 11.0. The van der Waals surface area contributed by atoms with Crippen LogP contribution < -0.4 is 4.90 Å². The van der Waals surface area contributed by atoms with E-state index in [2.05, 4.69) is 0 Å². The van der Waals surface area contributed by atoms with Crippen molar-refractivity contribution < 1.29 is 27.1 Å². The molecule has 2 aliphatic rings. The lowest BCUT2D eigenvalue weighted by Gasteiger charge is -2.44. The minimum atomic E-state index is -4.62. The van der Waals surface area contributed by atoms with Crippen LogP contribution in [0.3, 0.4) is 0 Å². The van der Waals surface area contributed by atoms with Crippen molar-refractivity contribution in [3.05, 3.63) is 65.0 Å². The Kier molecular flexibility index (Phi) is 6.54. The highest BCUT2D eigenvalue weighted by atomic mass is 19.4. The van der Waals surface area contributed by atoms with Crippen molar-refractivity contribution in [2.75, 3.05) is 44.8 Å². The molecule has 0 unspecified atom stereocenters. The Morgan fingerprint density at radius 3 is 2.59 bits per heavy atom. The smallest absolute Gasteiger partial charge is 0.384 e. The van der Waals surface area contributed by atoms with Gasteiger partial charge in [0.2, 0.25) is 5.91 Å². The molecule has 2 aliphatic heterocycles. The Morgan fingerprint density at radius 2 is 1.94 bits per heavy atom. The number of nitriles is 1. The lowest BCUT2D eigenvalue weighted by atomic mass is 9.73. The molecule has 2 aromatic carbocycles. The molecule has 2 aromatic rings. The van der Waals surface area contributed by atoms with E-state index in [0.29, 0.717) is 44.9 Å². The first-order chi connectivity index (χ1) is 16.1. The van der Waals surface area contributed by atoms with Crippen LogP contribution in [-0.4, -0.2) is 50.7 Å². The Labute approximate surface area is 195 Å². The first kappa shape index (κ1) is 24.0. The van der Waals surface area contributed by atoms with Crippen LogP contribution in [0.2, 0.25) is 0 Å². The number of anilines is 1. The molecule has 34 heavy (non-hydrogen) atoms. The molecule has 9 heteroatoms. The molecule has 0 aliphatic carbocycles. The number of carbonyl (C=O) groups is 1. The standard InChI is InChI=1S/C25H25F4N3O2/c1-34-16-24-8-9-31(21-7-4-18(12-30)22(11-21)25(27,28)29)13-19(24)14-32(15-24)23(33)10-17-2-5-20(26)6-3-17/h2-7,11,19H,8-10,13-16H2,1H3/t19-,24+/m1/s1. The van der Waals surface area contributed by atoms with Crippen LogP contribution in [0.15, 0.2) is 42.5 Å². The fraction of sp³-hybridized carbons (Fsp3) is 0.440. The van der Waals surface area contributed by atoms with Gasteiger partial charge in [0.15, 0.2) is 0 Å². The summed E-state index contributed by atoms with van der Waals surface area (Å²) in [4.78, 5) is 16.7. The number of hydrogen-bond acceptors (Lipinski definition) is 4. The predicted molar refractivity (Wildman–Crippen MR) is 117 cm³/mol. The Morgan fingerprint density at radius 1 is 1.21 bits per heavy atom. The fourth-order valence-electron chi connectivity index (χ4n) is 5.18. The molecule has 0 spiro atoms. The van der Waals surface area contributed by atoms with Gasteiger partial charge in [-0.1, -0.05) is 12.1 Å². The SMILES string of the molecule is COC[C@@]12CCN(c3ccc(C#N)c(C(F)(F)F)c3)C[C@@H]1CN(C(=O)Cc1ccc(F)cc1)C2. The second-order valence-corrected chi connectivity index (χ2v) is 9.11. The number of fused-ring (bicyclic) bond motifs is 1. The van der Waals surface area contributed by atoms with E-state index in [1.807, 2.05) is 4.90 Å². The number of halogens is 4. The van der Waals surface area contributed by atoms with Gasteiger partial charge in [-0.05, 0) is 42.3 Å². The average Bonchev–Trinajstić information content (AvgIpc) is 3.18. The third-order valence-corrected chi connectivity index (χ3v) is 6.98. The van der Waals surface area contributed by atoms with Crippen LogP contribution in [-0.2, 0) is 22.1 Å². The van der Waals surface area contributed by atoms with Crippen molar-refractivity contribution in [1.29, 1.82) is 5.26 Å². The molecule has 5 nitrogen and oxygen atoms in total. The number of nitrogens with zero attached hydrogens (tertiary/aromatic N) is 3. The van der Waals surface area contributed by atoms with Gasteiger partial charge < -0.3 is 14.5 Å². The molecule has 1 amide bonds. The van der Waals surface area contributed by atoms with Crippen LogP contribution >= 0.6 is 0 Å². The maximum absolute atomic E-state index is 13.4. The topological polar surface area (TPSA) is 56.6 Å². The van der Waals surface area contributed by atoms with Crippen molar-refractivity contribution in [3.63, 3.8) is 0 Å². The highest BCUT2D eigenvalue weighted by molar-refractivity contribution is 5.79. The van der Waals surface area contributed by atoms with E-state index >= 15 is 0 Å². The molecule has 0 N–H and O–H groups in total. The monoisotopic (exact) mass is 475 g/mol. The Bertz CT molecular complexity index is 1100. The molecule has 180 valence electrons. The number of alkyl halides is 3. The normalized spacial score (nSPS) is 22.4. The number of benzene rings is 2. The van der Waals surface area contributed by atoms with E-state index in [9.17, 15) is 22.4 Å². The molecule has 0 radical (unpaired) electrons. The zero-order chi connectivity index (χ0) is 24.5. The zero-order valence-corrected chi connectivity index (χ0v) is 18.7. The van der Waals surface area contributed by atoms with Crippen molar-refractivity contribution in [3.8, 4) is 6.07 Å². The number of methoxy groups -OCH3 is 1. The molecule has 0 saturated carbocycles. The predicted octanol–water partition coefficient (Wildman–Crippen LogP) is 4.26. The van der Waals surface area contributed by atoms with Crippen molar-refractivity contribution >= 4 is 11.6 Å². The minimum Gasteiger partial charge on any atom is -0.384 e. The van der Waals surface area contributed by atoms with E-state index in [4.69, 9.17) is 10.00 Å². The van der Waals surface area contributed by atoms with Gasteiger partial charge in [0.1, 0.15) is 5.82 Å². The van der Waals surface area contributed by atoms with Gasteiger partial charge in [-0.25, -0.2) is 4.39 Å². The number of carbonyl (C=O) groups excluding carboxylic acids is 1. The largest absolute Gasteiger partial charge is 0.417 e. The lowest BCUT2D eigenvalue weighted by Crippen LogP contribution is -2.49. The molecule has 2 heterocycles. The summed E-state index contributed by atoms with van der Waals surface area (Å²) in [6.07, 6.45) is -3.80.